The van der Waals surface area contributed by atoms with Crippen LogP contribution in [0.3, 0.4) is 0 Å². The Bertz CT molecular complexity index is 417. The molecular formula is C14H20BrNO. The number of nitrogens with two attached hydrogens (primary N) is 1. The molecule has 0 saturated carbocycles. The van der Waals surface area contributed by atoms with E-state index in [1.165, 1.54) is 5.56 Å². The number of fused-ring (bicyclic) bond motifs is 1. The summed E-state index contributed by atoms with van der Waals surface area (Å²) < 4.78 is 6.83. The van der Waals surface area contributed by atoms with E-state index in [0.29, 0.717) is 11.8 Å². The fraction of sp³-hybridized carbons (Fsp3) is 0.571. The molecule has 1 aliphatic rings. The largest absolute Gasteiger partial charge is 0.493 e. The molecule has 2 rings (SSSR count). The molecule has 3 heteroatoms. The first kappa shape index (κ1) is 12.9. The number of ether oxygens (including phenoxy) is 1. The third kappa shape index (κ3) is 2.50. The van der Waals surface area contributed by atoms with Gasteiger partial charge in [-0.25, -0.2) is 0 Å². The number of rotatable bonds is 3. The second-order valence-corrected chi connectivity index (χ2v) is 6.13. The molecule has 1 aromatic carbocycles. The molecule has 0 fully saturated rings. The summed E-state index contributed by atoms with van der Waals surface area (Å²) >= 11 is 3.56. The van der Waals surface area contributed by atoms with Gasteiger partial charge >= 0.3 is 0 Å². The lowest BCUT2D eigenvalue weighted by molar-refractivity contribution is 0.324. The van der Waals surface area contributed by atoms with Gasteiger partial charge in [0.05, 0.1) is 6.61 Å². The maximum Gasteiger partial charge on any atom is 0.127 e. The van der Waals surface area contributed by atoms with Crippen molar-refractivity contribution in [2.45, 2.75) is 33.2 Å². The molecule has 2 N–H and O–H groups in total. The first-order valence-corrected chi connectivity index (χ1v) is 7.00. The topological polar surface area (TPSA) is 35.2 Å². The molecule has 17 heavy (non-hydrogen) atoms. The average molecular weight is 298 g/mol. The molecule has 0 aromatic heterocycles. The minimum Gasteiger partial charge on any atom is -0.493 e. The van der Waals surface area contributed by atoms with Crippen LogP contribution in [0.15, 0.2) is 16.6 Å². The van der Waals surface area contributed by atoms with Crippen molar-refractivity contribution < 1.29 is 4.74 Å². The predicted octanol–water partition coefficient (Wildman–Crippen LogP) is 3.68. The highest BCUT2D eigenvalue weighted by atomic mass is 79.9. The molecule has 2 atom stereocenters. The van der Waals surface area contributed by atoms with Crippen LogP contribution < -0.4 is 10.5 Å². The fourth-order valence-corrected chi connectivity index (χ4v) is 2.77. The van der Waals surface area contributed by atoms with Gasteiger partial charge in [-0.2, -0.15) is 0 Å². The van der Waals surface area contributed by atoms with Crippen LogP contribution in [0.25, 0.3) is 0 Å². The van der Waals surface area contributed by atoms with Crippen LogP contribution in [0.1, 0.15) is 37.9 Å². The molecule has 2 nitrogen and oxygen atoms in total. The van der Waals surface area contributed by atoms with Crippen LogP contribution in [0.5, 0.6) is 5.75 Å². The molecule has 0 amide bonds. The summed E-state index contributed by atoms with van der Waals surface area (Å²) in [5, 5.41) is 0. The summed E-state index contributed by atoms with van der Waals surface area (Å²) in [5.74, 6) is 2.03. The molecule has 2 unspecified atom stereocenters. The van der Waals surface area contributed by atoms with E-state index >= 15 is 0 Å². The van der Waals surface area contributed by atoms with E-state index in [1.807, 2.05) is 0 Å². The Morgan fingerprint density at radius 2 is 2.00 bits per heavy atom. The van der Waals surface area contributed by atoms with Gasteiger partial charge in [0.25, 0.3) is 0 Å². The molecule has 1 heterocycles. The van der Waals surface area contributed by atoms with Crippen LogP contribution in [0.2, 0.25) is 0 Å². The van der Waals surface area contributed by atoms with Crippen molar-refractivity contribution in [1.29, 1.82) is 0 Å². The molecular weight excluding hydrogens is 278 g/mol. The lowest BCUT2D eigenvalue weighted by Crippen LogP contribution is -2.23. The van der Waals surface area contributed by atoms with E-state index in [4.69, 9.17) is 10.5 Å². The van der Waals surface area contributed by atoms with Gasteiger partial charge in [-0.1, -0.05) is 36.7 Å². The Hall–Kier alpha value is -0.540. The summed E-state index contributed by atoms with van der Waals surface area (Å²) in [6.07, 6.45) is 0.991. The normalized spacial score (nSPS) is 17.8. The predicted molar refractivity (Wildman–Crippen MR) is 74.3 cm³/mol. The van der Waals surface area contributed by atoms with Gasteiger partial charge in [-0.3, -0.25) is 0 Å². The standard InChI is InChI=1S/C14H20BrNO/c1-8(2)9(3)13(16)12-7-11(15)6-10-4-5-17-14(10)12/h6-9,13H,4-5,16H2,1-3H3. The fourth-order valence-electron chi connectivity index (χ4n) is 2.24. The maximum absolute atomic E-state index is 6.38. The zero-order valence-electron chi connectivity index (χ0n) is 10.7. The van der Waals surface area contributed by atoms with Crippen LogP contribution in [-0.4, -0.2) is 6.61 Å². The Labute approximate surface area is 112 Å². The minimum absolute atomic E-state index is 0.0411. The number of hydrogen-bond acceptors (Lipinski definition) is 2. The van der Waals surface area contributed by atoms with Crippen molar-refractivity contribution in [3.05, 3.63) is 27.7 Å². The number of halogens is 1. The zero-order valence-corrected chi connectivity index (χ0v) is 12.3. The van der Waals surface area contributed by atoms with Gasteiger partial charge in [0, 0.05) is 22.5 Å². The second kappa shape index (κ2) is 4.99. The Morgan fingerprint density at radius 3 is 2.65 bits per heavy atom. The first-order chi connectivity index (χ1) is 8.00. The zero-order chi connectivity index (χ0) is 12.6. The molecule has 94 valence electrons. The van der Waals surface area contributed by atoms with E-state index in [2.05, 4.69) is 48.8 Å². The first-order valence-electron chi connectivity index (χ1n) is 6.21. The Kier molecular flexibility index (Phi) is 3.79. The summed E-state index contributed by atoms with van der Waals surface area (Å²) in [6, 6.07) is 4.28. The smallest absolute Gasteiger partial charge is 0.127 e. The van der Waals surface area contributed by atoms with Crippen molar-refractivity contribution in [2.75, 3.05) is 6.61 Å². The van der Waals surface area contributed by atoms with Crippen LogP contribution >= 0.6 is 15.9 Å². The highest BCUT2D eigenvalue weighted by molar-refractivity contribution is 9.10. The van der Waals surface area contributed by atoms with Crippen molar-refractivity contribution in [1.82, 2.24) is 0 Å². The van der Waals surface area contributed by atoms with Gasteiger partial charge in [0.2, 0.25) is 0 Å². The third-order valence-electron chi connectivity index (χ3n) is 3.75. The molecule has 0 spiro atoms. The highest BCUT2D eigenvalue weighted by Crippen LogP contribution is 2.39. The molecule has 1 aromatic rings. The van der Waals surface area contributed by atoms with E-state index in [1.54, 1.807) is 0 Å². The van der Waals surface area contributed by atoms with Gasteiger partial charge in [0.15, 0.2) is 0 Å². The van der Waals surface area contributed by atoms with Gasteiger partial charge in [-0.05, 0) is 29.5 Å². The molecule has 0 bridgehead atoms. The third-order valence-corrected chi connectivity index (χ3v) is 4.21. The van der Waals surface area contributed by atoms with E-state index < -0.39 is 0 Å². The summed E-state index contributed by atoms with van der Waals surface area (Å²) in [6.45, 7) is 7.41. The molecule has 0 aliphatic carbocycles. The lowest BCUT2D eigenvalue weighted by Gasteiger charge is -2.25. The second-order valence-electron chi connectivity index (χ2n) is 5.21. The van der Waals surface area contributed by atoms with Crippen LogP contribution in [0.4, 0.5) is 0 Å². The number of hydrogen-bond donors (Lipinski definition) is 1. The van der Waals surface area contributed by atoms with Gasteiger partial charge in [-0.15, -0.1) is 0 Å². The van der Waals surface area contributed by atoms with Crippen molar-refractivity contribution in [3.63, 3.8) is 0 Å². The SMILES string of the molecule is CC(C)C(C)C(N)c1cc(Br)cc2c1OCC2. The highest BCUT2D eigenvalue weighted by Gasteiger charge is 2.25. The van der Waals surface area contributed by atoms with Crippen LogP contribution in [-0.2, 0) is 6.42 Å². The van der Waals surface area contributed by atoms with Gasteiger partial charge in [0.1, 0.15) is 5.75 Å². The number of benzene rings is 1. The maximum atomic E-state index is 6.38. The molecule has 0 radical (unpaired) electrons. The Morgan fingerprint density at radius 1 is 1.29 bits per heavy atom. The quantitative estimate of drug-likeness (QED) is 0.924. The van der Waals surface area contributed by atoms with Crippen molar-refractivity contribution in [3.8, 4) is 5.75 Å². The summed E-state index contributed by atoms with van der Waals surface area (Å²) in [7, 11) is 0. The van der Waals surface area contributed by atoms with E-state index in [9.17, 15) is 0 Å². The summed E-state index contributed by atoms with van der Waals surface area (Å²) in [4.78, 5) is 0. The molecule has 0 saturated heterocycles. The summed E-state index contributed by atoms with van der Waals surface area (Å²) in [5.41, 5.74) is 8.81. The monoisotopic (exact) mass is 297 g/mol. The van der Waals surface area contributed by atoms with Crippen molar-refractivity contribution >= 4 is 15.9 Å². The van der Waals surface area contributed by atoms with Crippen LogP contribution in [0, 0.1) is 11.8 Å². The minimum atomic E-state index is 0.0411. The molecule has 1 aliphatic heterocycles. The van der Waals surface area contributed by atoms with Crippen molar-refractivity contribution in [2.24, 2.45) is 17.6 Å². The average Bonchev–Trinajstić information content (AvgIpc) is 2.73. The lowest BCUT2D eigenvalue weighted by atomic mass is 9.86. The Balaban J connectivity index is 2.38. The van der Waals surface area contributed by atoms with E-state index in [0.717, 1.165) is 28.8 Å². The van der Waals surface area contributed by atoms with Gasteiger partial charge < -0.3 is 10.5 Å². The van der Waals surface area contributed by atoms with E-state index in [-0.39, 0.29) is 6.04 Å².